The Kier molecular flexibility index (Phi) is 5.25. The number of anilines is 1. The van der Waals surface area contributed by atoms with Gasteiger partial charge in [0, 0.05) is 23.3 Å². The van der Waals surface area contributed by atoms with Crippen LogP contribution in [0.2, 0.25) is 0 Å². The van der Waals surface area contributed by atoms with Crippen molar-refractivity contribution in [2.24, 2.45) is 0 Å². The average molecular weight is 309 g/mol. The zero-order valence-corrected chi connectivity index (χ0v) is 12.4. The van der Waals surface area contributed by atoms with Crippen molar-refractivity contribution in [1.29, 1.82) is 0 Å². The highest BCUT2D eigenvalue weighted by Crippen LogP contribution is 2.22. The molecule has 1 aromatic carbocycles. The molecule has 2 aromatic heterocycles. The van der Waals surface area contributed by atoms with Crippen LogP contribution in [0.25, 0.3) is 22.2 Å². The Morgan fingerprint density at radius 1 is 1.00 bits per heavy atom. The van der Waals surface area contributed by atoms with Gasteiger partial charge in [-0.1, -0.05) is 12.1 Å². The van der Waals surface area contributed by atoms with Crippen molar-refractivity contribution in [3.63, 3.8) is 0 Å². The number of aryl methyl sites for hydroxylation is 1. The first-order valence-corrected chi connectivity index (χ1v) is 5.68. The van der Waals surface area contributed by atoms with Crippen LogP contribution in [0.3, 0.4) is 0 Å². The van der Waals surface area contributed by atoms with Crippen LogP contribution < -0.4 is 5.73 Å². The molecule has 0 radical (unpaired) electrons. The Hall–Kier alpha value is -1.91. The summed E-state index contributed by atoms with van der Waals surface area (Å²) < 4.78 is 0. The fraction of sp³-hybridized carbons (Fsp3) is 0.0714. The number of pyridine rings is 1. The molecule has 0 saturated carbocycles. The van der Waals surface area contributed by atoms with Gasteiger partial charge >= 0.3 is 0 Å². The van der Waals surface area contributed by atoms with Gasteiger partial charge in [-0.3, -0.25) is 4.98 Å². The van der Waals surface area contributed by atoms with E-state index in [4.69, 9.17) is 5.73 Å². The minimum Gasteiger partial charge on any atom is -0.368 e. The Morgan fingerprint density at radius 3 is 2.55 bits per heavy atom. The number of rotatable bonds is 1. The molecule has 0 aliphatic carbocycles. The second kappa shape index (κ2) is 6.50. The van der Waals surface area contributed by atoms with Crippen molar-refractivity contribution < 1.29 is 0 Å². The van der Waals surface area contributed by atoms with E-state index < -0.39 is 0 Å². The van der Waals surface area contributed by atoms with Crippen molar-refractivity contribution in [2.75, 3.05) is 5.73 Å². The maximum absolute atomic E-state index is 5.60. The summed E-state index contributed by atoms with van der Waals surface area (Å²) >= 11 is 0. The molecule has 0 saturated heterocycles. The van der Waals surface area contributed by atoms with Crippen LogP contribution in [0, 0.1) is 6.92 Å². The highest BCUT2D eigenvalue weighted by molar-refractivity contribution is 5.85. The van der Waals surface area contributed by atoms with Gasteiger partial charge in [-0.15, -0.1) is 24.8 Å². The van der Waals surface area contributed by atoms with E-state index in [0.29, 0.717) is 0 Å². The van der Waals surface area contributed by atoms with Gasteiger partial charge in [0.2, 0.25) is 5.95 Å². The largest absolute Gasteiger partial charge is 0.368 e. The molecule has 6 heteroatoms. The molecule has 0 unspecified atom stereocenters. The van der Waals surface area contributed by atoms with Crippen LogP contribution in [0.1, 0.15) is 5.56 Å². The molecule has 0 aliphatic rings. The lowest BCUT2D eigenvalue weighted by Gasteiger charge is -2.04. The van der Waals surface area contributed by atoms with E-state index in [1.807, 2.05) is 43.5 Å². The van der Waals surface area contributed by atoms with E-state index in [-0.39, 0.29) is 30.8 Å². The van der Waals surface area contributed by atoms with Crippen LogP contribution in [-0.2, 0) is 0 Å². The van der Waals surface area contributed by atoms with Crippen molar-refractivity contribution in [2.45, 2.75) is 6.92 Å². The molecule has 0 amide bonds. The molecule has 4 nitrogen and oxygen atoms in total. The molecule has 3 rings (SSSR count). The summed E-state index contributed by atoms with van der Waals surface area (Å²) in [7, 11) is 0. The number of nitrogen functional groups attached to an aromatic ring is 1. The van der Waals surface area contributed by atoms with Crippen molar-refractivity contribution >= 4 is 41.7 Å². The van der Waals surface area contributed by atoms with Crippen LogP contribution >= 0.6 is 24.8 Å². The van der Waals surface area contributed by atoms with Crippen LogP contribution in [-0.4, -0.2) is 15.0 Å². The Labute approximate surface area is 129 Å². The zero-order chi connectivity index (χ0) is 12.5. The second-order valence-electron chi connectivity index (χ2n) is 4.22. The van der Waals surface area contributed by atoms with Crippen LogP contribution in [0.4, 0.5) is 5.95 Å². The number of hydrogen-bond donors (Lipinski definition) is 1. The monoisotopic (exact) mass is 308 g/mol. The lowest BCUT2D eigenvalue weighted by atomic mass is 10.1. The van der Waals surface area contributed by atoms with Gasteiger partial charge in [-0.25, -0.2) is 9.97 Å². The van der Waals surface area contributed by atoms with Gasteiger partial charge in [0.1, 0.15) is 0 Å². The van der Waals surface area contributed by atoms with Gasteiger partial charge < -0.3 is 5.73 Å². The third kappa shape index (κ3) is 3.15. The third-order valence-corrected chi connectivity index (χ3v) is 2.81. The smallest absolute Gasteiger partial charge is 0.220 e. The van der Waals surface area contributed by atoms with Crippen molar-refractivity contribution in [1.82, 2.24) is 15.0 Å². The fourth-order valence-electron chi connectivity index (χ4n) is 1.89. The van der Waals surface area contributed by atoms with E-state index >= 15 is 0 Å². The number of nitrogens with two attached hydrogens (primary N) is 1. The Balaban J connectivity index is 0.000001000. The maximum atomic E-state index is 5.60. The van der Waals surface area contributed by atoms with Gasteiger partial charge in [0.05, 0.1) is 11.2 Å². The summed E-state index contributed by atoms with van der Waals surface area (Å²) in [6.45, 7) is 2.05. The first kappa shape index (κ1) is 16.1. The van der Waals surface area contributed by atoms with Gasteiger partial charge in [-0.2, -0.15) is 0 Å². The molecule has 2 heterocycles. The number of halogens is 2. The van der Waals surface area contributed by atoms with Crippen molar-refractivity contribution in [3.8, 4) is 11.3 Å². The number of nitrogens with zero attached hydrogens (tertiary/aromatic N) is 3. The summed E-state index contributed by atoms with van der Waals surface area (Å²) in [5.74, 6) is 0.289. The first-order valence-electron chi connectivity index (χ1n) is 5.68. The Morgan fingerprint density at radius 2 is 1.80 bits per heavy atom. The topological polar surface area (TPSA) is 64.7 Å². The molecule has 0 aliphatic heterocycles. The van der Waals surface area contributed by atoms with E-state index in [9.17, 15) is 0 Å². The number of fused-ring (bicyclic) bond motifs is 1. The highest BCUT2D eigenvalue weighted by atomic mass is 35.5. The lowest BCUT2D eigenvalue weighted by molar-refractivity contribution is 1.24. The molecular weight excluding hydrogens is 295 g/mol. The molecule has 104 valence electrons. The van der Waals surface area contributed by atoms with E-state index in [2.05, 4.69) is 15.0 Å². The van der Waals surface area contributed by atoms with Gasteiger partial charge in [-0.05, 0) is 30.7 Å². The highest BCUT2D eigenvalue weighted by Gasteiger charge is 2.03. The predicted molar refractivity (Wildman–Crippen MR) is 86.4 cm³/mol. The summed E-state index contributed by atoms with van der Waals surface area (Å²) in [6, 6.07) is 10.0. The molecule has 0 fully saturated rings. The summed E-state index contributed by atoms with van der Waals surface area (Å²) in [4.78, 5) is 12.6. The molecule has 20 heavy (non-hydrogen) atoms. The van der Waals surface area contributed by atoms with Crippen molar-refractivity contribution in [3.05, 3.63) is 48.3 Å². The average Bonchev–Trinajstić information content (AvgIpc) is 2.38. The van der Waals surface area contributed by atoms with E-state index in [1.165, 1.54) is 5.56 Å². The van der Waals surface area contributed by atoms with Crippen LogP contribution in [0.15, 0.2) is 42.7 Å². The van der Waals surface area contributed by atoms with E-state index in [0.717, 1.165) is 22.2 Å². The van der Waals surface area contributed by atoms with E-state index in [1.54, 1.807) is 6.20 Å². The molecule has 0 bridgehead atoms. The minimum atomic E-state index is 0. The molecular formula is C14H14Cl2N4. The quantitative estimate of drug-likeness (QED) is 0.748. The summed E-state index contributed by atoms with van der Waals surface area (Å²) in [5.41, 5.74) is 9.59. The standard InChI is InChI=1S/C14H12N4.2ClH/c1-9-4-5-16-12(6-9)10-2-3-11-8-17-14(15)18-13(11)7-10;;/h2-8H,1H3,(H2,15,17,18);2*1H. The SMILES string of the molecule is Cc1ccnc(-c2ccc3cnc(N)nc3c2)c1.Cl.Cl. The first-order chi connectivity index (χ1) is 8.72. The molecule has 3 aromatic rings. The Bertz CT molecular complexity index is 731. The second-order valence-corrected chi connectivity index (χ2v) is 4.22. The van der Waals surface area contributed by atoms with Crippen LogP contribution in [0.5, 0.6) is 0 Å². The van der Waals surface area contributed by atoms with Gasteiger partial charge in [0.15, 0.2) is 0 Å². The summed E-state index contributed by atoms with van der Waals surface area (Å²) in [5, 5.41) is 0.973. The molecule has 0 atom stereocenters. The zero-order valence-electron chi connectivity index (χ0n) is 10.8. The number of benzene rings is 1. The maximum Gasteiger partial charge on any atom is 0.220 e. The number of hydrogen-bond acceptors (Lipinski definition) is 4. The minimum absolute atomic E-state index is 0. The summed E-state index contributed by atoms with van der Waals surface area (Å²) in [6.07, 6.45) is 3.54. The normalized spacial score (nSPS) is 9.65. The third-order valence-electron chi connectivity index (χ3n) is 2.81. The molecule has 0 spiro atoms. The number of aromatic nitrogens is 3. The van der Waals surface area contributed by atoms with Gasteiger partial charge in [0.25, 0.3) is 0 Å². The predicted octanol–water partition coefficient (Wildman–Crippen LogP) is 3.43. The molecule has 2 N–H and O–H groups in total. The fourth-order valence-corrected chi connectivity index (χ4v) is 1.89. The lowest BCUT2D eigenvalue weighted by Crippen LogP contribution is -1.94.